The monoisotopic (exact) mass is 409 g/mol. The van der Waals surface area contributed by atoms with Crippen molar-refractivity contribution in [3.05, 3.63) is 41.2 Å². The molecular weight excluding hydrogens is 393 g/mol. The van der Waals surface area contributed by atoms with Gasteiger partial charge in [-0.1, -0.05) is 28.6 Å². The molecule has 0 spiro atoms. The molecule has 0 bridgehead atoms. The van der Waals surface area contributed by atoms with Gasteiger partial charge in [-0.05, 0) is 31.9 Å². The van der Waals surface area contributed by atoms with Crippen LogP contribution in [0.25, 0.3) is 0 Å². The van der Waals surface area contributed by atoms with Crippen molar-refractivity contribution < 1.29 is 23.0 Å². The van der Waals surface area contributed by atoms with Gasteiger partial charge in [0.25, 0.3) is 5.91 Å². The van der Waals surface area contributed by atoms with E-state index in [9.17, 15) is 18.2 Å². The van der Waals surface area contributed by atoms with Crippen molar-refractivity contribution >= 4 is 44.7 Å². The van der Waals surface area contributed by atoms with Gasteiger partial charge in [-0.15, -0.1) is 0 Å². The lowest BCUT2D eigenvalue weighted by atomic mass is 10.1. The second kappa shape index (κ2) is 8.49. The van der Waals surface area contributed by atoms with Crippen molar-refractivity contribution in [3.8, 4) is 0 Å². The number of carbonyl (C=O) groups is 2. The number of carbonyl (C=O) groups excluding carboxylic acids is 2. The average molecular weight is 409 g/mol. The van der Waals surface area contributed by atoms with Gasteiger partial charge >= 0.3 is 0 Å². The minimum atomic E-state index is -1.06. The summed E-state index contributed by atoms with van der Waals surface area (Å²) in [5.74, 6) is -0.917. The number of hydrogen-bond donors (Lipinski definition) is 1. The van der Waals surface area contributed by atoms with Crippen LogP contribution in [-0.4, -0.2) is 38.5 Å². The number of anilines is 1. The van der Waals surface area contributed by atoms with E-state index in [1.54, 1.807) is 24.3 Å². The molecule has 1 aliphatic rings. The van der Waals surface area contributed by atoms with Crippen molar-refractivity contribution in [3.63, 3.8) is 0 Å². The van der Waals surface area contributed by atoms with Crippen molar-refractivity contribution in [2.24, 2.45) is 5.16 Å². The summed E-state index contributed by atoms with van der Waals surface area (Å²) in [6.07, 6.45) is 2.89. The Morgan fingerprint density at radius 3 is 2.63 bits per heavy atom. The van der Waals surface area contributed by atoms with Crippen LogP contribution < -0.4 is 5.32 Å². The van der Waals surface area contributed by atoms with E-state index in [2.05, 4.69) is 15.5 Å². The molecule has 10 heteroatoms. The number of rotatable bonds is 8. The lowest BCUT2D eigenvalue weighted by Gasteiger charge is -2.07. The Hall–Kier alpha value is -2.46. The first-order chi connectivity index (χ1) is 12.9. The summed E-state index contributed by atoms with van der Waals surface area (Å²) in [4.78, 5) is 32.9. The number of Topliss-reactive ketones (excluding diaryl/α,β-unsaturated/α-hetero) is 1. The number of thiazole rings is 1. The average Bonchev–Trinajstić information content (AvgIpc) is 3.41. The smallest absolute Gasteiger partial charge is 0.280 e. The Morgan fingerprint density at radius 2 is 2.07 bits per heavy atom. The molecule has 142 valence electrons. The van der Waals surface area contributed by atoms with Crippen molar-refractivity contribution in [2.45, 2.75) is 29.9 Å². The molecule has 1 heterocycles. The van der Waals surface area contributed by atoms with Crippen LogP contribution in [0.5, 0.6) is 0 Å². The summed E-state index contributed by atoms with van der Waals surface area (Å²) in [6.45, 7) is 1.04. The summed E-state index contributed by atoms with van der Waals surface area (Å²) in [5, 5.41) is 5.92. The summed E-state index contributed by atoms with van der Waals surface area (Å²) < 4.78 is 25.3. The van der Waals surface area contributed by atoms with E-state index in [0.29, 0.717) is 21.8 Å². The number of hydrogen-bond acceptors (Lipinski definition) is 7. The fourth-order valence-corrected chi connectivity index (χ4v) is 4.00. The normalized spacial score (nSPS) is 15.3. The summed E-state index contributed by atoms with van der Waals surface area (Å²) in [5.41, 5.74) is 0.306. The molecule has 7 nitrogen and oxygen atoms in total. The topological polar surface area (TPSA) is 97.7 Å². The molecule has 1 saturated carbocycles. The van der Waals surface area contributed by atoms with E-state index in [4.69, 9.17) is 4.84 Å². The predicted octanol–water partition coefficient (Wildman–Crippen LogP) is 2.50. The lowest BCUT2D eigenvalue weighted by molar-refractivity contribution is -0.121. The Morgan fingerprint density at radius 1 is 1.37 bits per heavy atom. The van der Waals surface area contributed by atoms with Gasteiger partial charge in [-0.3, -0.25) is 19.1 Å². The Kier molecular flexibility index (Phi) is 6.07. The second-order valence-corrected chi connectivity index (χ2v) is 8.57. The third-order valence-corrected chi connectivity index (χ3v) is 6.04. The first-order valence-electron chi connectivity index (χ1n) is 8.07. The zero-order valence-corrected chi connectivity index (χ0v) is 15.9. The number of benzene rings is 1. The number of nitrogens with zero attached hydrogens (tertiary/aromatic N) is 2. The maximum atomic E-state index is 13.1. The van der Waals surface area contributed by atoms with Gasteiger partial charge < -0.3 is 4.84 Å². The van der Waals surface area contributed by atoms with Crippen LogP contribution in [0.3, 0.4) is 0 Å². The highest BCUT2D eigenvalue weighted by Crippen LogP contribution is 2.30. The maximum Gasteiger partial charge on any atom is 0.280 e. The van der Waals surface area contributed by atoms with Crippen LogP contribution in [0.15, 0.2) is 40.5 Å². The number of oxime groups is 1. The molecule has 1 amide bonds. The predicted molar refractivity (Wildman–Crippen MR) is 99.7 cm³/mol. The molecule has 0 aliphatic heterocycles. The third kappa shape index (κ3) is 5.27. The van der Waals surface area contributed by atoms with Gasteiger partial charge in [0.1, 0.15) is 0 Å². The van der Waals surface area contributed by atoms with Crippen molar-refractivity contribution in [1.29, 1.82) is 0 Å². The molecule has 1 aromatic heterocycles. The van der Waals surface area contributed by atoms with Crippen LogP contribution >= 0.6 is 11.3 Å². The quantitative estimate of drug-likeness (QED) is 0.534. The van der Waals surface area contributed by atoms with E-state index < -0.39 is 21.8 Å². The minimum absolute atomic E-state index is 0.0724. The highest BCUT2D eigenvalue weighted by atomic mass is 32.2. The van der Waals surface area contributed by atoms with E-state index in [0.717, 1.165) is 19.0 Å². The van der Waals surface area contributed by atoms with Gasteiger partial charge in [0.05, 0.1) is 17.0 Å². The largest absolute Gasteiger partial charge is 0.387 e. The Balaban J connectivity index is 1.80. The first kappa shape index (κ1) is 19.3. The molecule has 0 radical (unpaired) electrons. The molecule has 1 aromatic carbocycles. The number of nitrogens with one attached hydrogen (secondary N) is 1. The molecule has 1 atom stereocenters. The second-order valence-electron chi connectivity index (χ2n) is 5.86. The van der Waals surface area contributed by atoms with Crippen LogP contribution in [0, 0.1) is 5.13 Å². The lowest BCUT2D eigenvalue weighted by Crippen LogP contribution is -2.24. The van der Waals surface area contributed by atoms with E-state index in [1.807, 2.05) is 0 Å². The highest BCUT2D eigenvalue weighted by molar-refractivity contribution is 7.86. The molecule has 27 heavy (non-hydrogen) atoms. The summed E-state index contributed by atoms with van der Waals surface area (Å²) in [6, 6.07) is 6.54. The number of halogens is 1. The van der Waals surface area contributed by atoms with Gasteiger partial charge in [0.2, 0.25) is 0 Å². The molecule has 2 aromatic rings. The fourth-order valence-electron chi connectivity index (χ4n) is 2.10. The Labute approximate surface area is 161 Å². The molecule has 1 fully saturated rings. The fraction of sp³-hybridized carbons (Fsp3) is 0.294. The number of aromatic nitrogens is 1. The molecule has 3 rings (SSSR count). The summed E-state index contributed by atoms with van der Waals surface area (Å²) >= 11 is 0.674. The van der Waals surface area contributed by atoms with Crippen LogP contribution in [0.2, 0.25) is 0 Å². The van der Waals surface area contributed by atoms with Crippen LogP contribution in [0.4, 0.5) is 9.52 Å². The zero-order valence-electron chi connectivity index (χ0n) is 14.3. The SMILES string of the molecule is CC(=O)CO/N=C(/C(=O)Nc1ncc(F)s1)c1ccc(S(=O)C2CC2)cc1. The van der Waals surface area contributed by atoms with Gasteiger partial charge in [-0.2, -0.15) is 4.39 Å². The Bertz CT molecular complexity index is 907. The molecule has 1 aliphatic carbocycles. The minimum Gasteiger partial charge on any atom is -0.387 e. The van der Waals surface area contributed by atoms with E-state index in [1.165, 1.54) is 6.92 Å². The molecular formula is C17H16FN3O4S2. The van der Waals surface area contributed by atoms with Gasteiger partial charge in [-0.25, -0.2) is 4.98 Å². The first-order valence-corrected chi connectivity index (χ1v) is 10.1. The van der Waals surface area contributed by atoms with E-state index in [-0.39, 0.29) is 28.5 Å². The standard InChI is InChI=1S/C17H16FN3O4S2/c1-10(22)9-25-21-15(16(23)20-17-19-8-14(18)26-17)11-2-4-12(5-3-11)27(24)13-6-7-13/h2-5,8,13H,6-7,9H2,1H3,(H,19,20,23)/b21-15+. The third-order valence-electron chi connectivity index (χ3n) is 3.52. The molecule has 1 N–H and O–H groups in total. The zero-order chi connectivity index (χ0) is 19.4. The highest BCUT2D eigenvalue weighted by Gasteiger charge is 2.29. The van der Waals surface area contributed by atoms with Crippen LogP contribution in [0.1, 0.15) is 25.3 Å². The maximum absolute atomic E-state index is 13.1. The summed E-state index contributed by atoms with van der Waals surface area (Å²) in [7, 11) is -1.06. The number of ketones is 1. The van der Waals surface area contributed by atoms with Crippen LogP contribution in [-0.2, 0) is 25.2 Å². The van der Waals surface area contributed by atoms with Gasteiger partial charge in [0, 0.05) is 15.7 Å². The molecule has 0 saturated heterocycles. The van der Waals surface area contributed by atoms with Crippen molar-refractivity contribution in [1.82, 2.24) is 4.98 Å². The van der Waals surface area contributed by atoms with Gasteiger partial charge in [0.15, 0.2) is 28.4 Å². The van der Waals surface area contributed by atoms with Crippen molar-refractivity contribution in [2.75, 3.05) is 11.9 Å². The molecule has 1 unspecified atom stereocenters. The van der Waals surface area contributed by atoms with E-state index >= 15 is 0 Å². The number of amides is 1.